The summed E-state index contributed by atoms with van der Waals surface area (Å²) in [6, 6.07) is 0. The molecule has 0 spiro atoms. The van der Waals surface area contributed by atoms with E-state index in [9.17, 15) is 0 Å². The first-order valence-corrected chi connectivity index (χ1v) is 7.51. The lowest BCUT2D eigenvalue weighted by molar-refractivity contribution is 0.471. The van der Waals surface area contributed by atoms with E-state index in [1.165, 1.54) is 31.0 Å². The topological polar surface area (TPSA) is 0 Å². The highest BCUT2D eigenvalue weighted by molar-refractivity contribution is 9.09. The quantitative estimate of drug-likeness (QED) is 0.601. The van der Waals surface area contributed by atoms with Crippen molar-refractivity contribution >= 4 is 27.7 Å². The van der Waals surface area contributed by atoms with Crippen LogP contribution in [-0.2, 0) is 0 Å². The Morgan fingerprint density at radius 1 is 1.38 bits per heavy atom. The standard InChI is InChI=1S/C11H23BrS/c1-5-10(9-12)7-6-8-11(2,3)13-4/h10H,5-9H2,1-4H3. The molecular weight excluding hydrogens is 244 g/mol. The Kier molecular flexibility index (Phi) is 7.62. The molecule has 0 saturated carbocycles. The Morgan fingerprint density at radius 2 is 2.00 bits per heavy atom. The summed E-state index contributed by atoms with van der Waals surface area (Å²) >= 11 is 5.55. The van der Waals surface area contributed by atoms with E-state index in [0.717, 1.165) is 5.92 Å². The molecular formula is C11H23BrS. The van der Waals surface area contributed by atoms with Gasteiger partial charge in [0.05, 0.1) is 0 Å². The fourth-order valence-electron chi connectivity index (χ4n) is 1.31. The fourth-order valence-corrected chi connectivity index (χ4v) is 2.44. The third kappa shape index (κ3) is 6.84. The maximum atomic E-state index is 3.57. The summed E-state index contributed by atoms with van der Waals surface area (Å²) in [5.41, 5.74) is 0. The highest BCUT2D eigenvalue weighted by Gasteiger charge is 2.15. The first kappa shape index (κ1) is 13.8. The number of halogens is 1. The number of hydrogen-bond acceptors (Lipinski definition) is 1. The molecule has 80 valence electrons. The van der Waals surface area contributed by atoms with Gasteiger partial charge >= 0.3 is 0 Å². The monoisotopic (exact) mass is 266 g/mol. The van der Waals surface area contributed by atoms with E-state index in [4.69, 9.17) is 0 Å². The minimum absolute atomic E-state index is 0.477. The first-order valence-electron chi connectivity index (χ1n) is 5.17. The molecule has 0 radical (unpaired) electrons. The van der Waals surface area contributed by atoms with Crippen LogP contribution in [0.3, 0.4) is 0 Å². The average Bonchev–Trinajstić information content (AvgIpc) is 2.12. The minimum Gasteiger partial charge on any atom is -0.159 e. The maximum Gasteiger partial charge on any atom is 0.0100 e. The number of hydrogen-bond donors (Lipinski definition) is 0. The minimum atomic E-state index is 0.477. The van der Waals surface area contributed by atoms with E-state index in [1.54, 1.807) is 0 Å². The van der Waals surface area contributed by atoms with Crippen molar-refractivity contribution in [2.75, 3.05) is 11.6 Å². The van der Waals surface area contributed by atoms with Gasteiger partial charge < -0.3 is 0 Å². The van der Waals surface area contributed by atoms with Crippen LogP contribution in [0, 0.1) is 5.92 Å². The molecule has 0 saturated heterocycles. The molecule has 0 nitrogen and oxygen atoms in total. The normalized spacial score (nSPS) is 14.5. The van der Waals surface area contributed by atoms with Crippen LogP contribution in [0.15, 0.2) is 0 Å². The van der Waals surface area contributed by atoms with Crippen molar-refractivity contribution < 1.29 is 0 Å². The van der Waals surface area contributed by atoms with Gasteiger partial charge in [0.2, 0.25) is 0 Å². The van der Waals surface area contributed by atoms with Crippen LogP contribution in [-0.4, -0.2) is 16.3 Å². The van der Waals surface area contributed by atoms with Crippen LogP contribution in [0.4, 0.5) is 0 Å². The molecule has 0 aromatic rings. The van der Waals surface area contributed by atoms with Gasteiger partial charge in [0, 0.05) is 10.1 Å². The van der Waals surface area contributed by atoms with E-state index in [0.29, 0.717) is 4.75 Å². The van der Waals surface area contributed by atoms with Crippen molar-refractivity contribution in [2.45, 2.75) is 51.2 Å². The summed E-state index contributed by atoms with van der Waals surface area (Å²) < 4.78 is 0.477. The van der Waals surface area contributed by atoms with Crippen molar-refractivity contribution in [1.82, 2.24) is 0 Å². The van der Waals surface area contributed by atoms with Gasteiger partial charge in [0.1, 0.15) is 0 Å². The third-order valence-corrected chi connectivity index (χ3v) is 4.96. The molecule has 0 rings (SSSR count). The Labute approximate surface area is 96.4 Å². The van der Waals surface area contributed by atoms with Crippen LogP contribution in [0.1, 0.15) is 46.5 Å². The lowest BCUT2D eigenvalue weighted by atomic mass is 9.97. The second-order valence-electron chi connectivity index (χ2n) is 4.28. The van der Waals surface area contributed by atoms with Crippen LogP contribution in [0.5, 0.6) is 0 Å². The third-order valence-electron chi connectivity index (χ3n) is 2.74. The van der Waals surface area contributed by atoms with E-state index in [2.05, 4.69) is 43.0 Å². The lowest BCUT2D eigenvalue weighted by Crippen LogP contribution is -2.14. The maximum absolute atomic E-state index is 3.57. The zero-order valence-corrected chi connectivity index (χ0v) is 11.8. The van der Waals surface area contributed by atoms with E-state index < -0.39 is 0 Å². The zero-order valence-electron chi connectivity index (χ0n) is 9.40. The van der Waals surface area contributed by atoms with Gasteiger partial charge in [0.25, 0.3) is 0 Å². The van der Waals surface area contributed by atoms with Gasteiger partial charge in [-0.25, -0.2) is 0 Å². The number of rotatable bonds is 7. The Balaban J connectivity index is 3.54. The predicted molar refractivity (Wildman–Crippen MR) is 69.0 cm³/mol. The Bertz CT molecular complexity index is 119. The van der Waals surface area contributed by atoms with Gasteiger partial charge in [-0.3, -0.25) is 0 Å². The Morgan fingerprint density at radius 3 is 2.38 bits per heavy atom. The summed E-state index contributed by atoms with van der Waals surface area (Å²) in [6.45, 7) is 6.96. The second-order valence-corrected chi connectivity index (χ2v) is 6.45. The van der Waals surface area contributed by atoms with Crippen LogP contribution in [0.25, 0.3) is 0 Å². The zero-order chi connectivity index (χ0) is 10.3. The SMILES string of the molecule is CCC(CBr)CCCC(C)(C)SC. The molecule has 0 bridgehead atoms. The first-order chi connectivity index (χ1) is 6.05. The number of thioether (sulfide) groups is 1. The molecule has 0 fully saturated rings. The lowest BCUT2D eigenvalue weighted by Gasteiger charge is -2.22. The molecule has 1 unspecified atom stereocenters. The molecule has 2 heteroatoms. The molecule has 0 aromatic carbocycles. The van der Waals surface area contributed by atoms with Crippen LogP contribution < -0.4 is 0 Å². The predicted octanol–water partition coefficient (Wildman–Crippen LogP) is 4.72. The van der Waals surface area contributed by atoms with Gasteiger partial charge in [-0.2, -0.15) is 11.8 Å². The number of alkyl halides is 1. The smallest absolute Gasteiger partial charge is 0.0100 e. The molecule has 0 aromatic heterocycles. The molecule has 0 aliphatic carbocycles. The molecule has 0 amide bonds. The summed E-state index contributed by atoms with van der Waals surface area (Å²) in [7, 11) is 0. The van der Waals surface area contributed by atoms with Crippen molar-refractivity contribution in [3.05, 3.63) is 0 Å². The molecule has 0 aliphatic heterocycles. The molecule has 13 heavy (non-hydrogen) atoms. The summed E-state index contributed by atoms with van der Waals surface area (Å²) in [4.78, 5) is 0. The van der Waals surface area contributed by atoms with E-state index >= 15 is 0 Å². The summed E-state index contributed by atoms with van der Waals surface area (Å²) in [5, 5.41) is 1.17. The van der Waals surface area contributed by atoms with Gasteiger partial charge in [-0.05, 0) is 25.0 Å². The molecule has 1 atom stereocenters. The summed E-state index contributed by atoms with van der Waals surface area (Å²) in [5.74, 6) is 0.887. The van der Waals surface area contributed by atoms with Gasteiger partial charge in [-0.1, -0.05) is 49.5 Å². The molecule has 0 N–H and O–H groups in total. The molecule has 0 heterocycles. The highest BCUT2D eigenvalue weighted by Crippen LogP contribution is 2.28. The van der Waals surface area contributed by atoms with Crippen molar-refractivity contribution in [3.8, 4) is 0 Å². The van der Waals surface area contributed by atoms with Gasteiger partial charge in [0.15, 0.2) is 0 Å². The highest BCUT2D eigenvalue weighted by atomic mass is 79.9. The Hall–Kier alpha value is 0.830. The van der Waals surface area contributed by atoms with E-state index in [1.807, 2.05) is 11.8 Å². The summed E-state index contributed by atoms with van der Waals surface area (Å²) in [6.07, 6.45) is 7.62. The fraction of sp³-hybridized carbons (Fsp3) is 1.00. The largest absolute Gasteiger partial charge is 0.159 e. The van der Waals surface area contributed by atoms with Crippen molar-refractivity contribution in [3.63, 3.8) is 0 Å². The van der Waals surface area contributed by atoms with Gasteiger partial charge in [-0.15, -0.1) is 0 Å². The van der Waals surface area contributed by atoms with Crippen LogP contribution in [0.2, 0.25) is 0 Å². The van der Waals surface area contributed by atoms with E-state index in [-0.39, 0.29) is 0 Å². The molecule has 0 aliphatic rings. The average molecular weight is 267 g/mol. The second kappa shape index (κ2) is 7.17. The van der Waals surface area contributed by atoms with Crippen molar-refractivity contribution in [1.29, 1.82) is 0 Å². The van der Waals surface area contributed by atoms with Crippen LogP contribution >= 0.6 is 27.7 Å². The van der Waals surface area contributed by atoms with Crippen molar-refractivity contribution in [2.24, 2.45) is 5.92 Å².